The Kier molecular flexibility index (Phi) is 3.74. The summed E-state index contributed by atoms with van der Waals surface area (Å²) in [5.41, 5.74) is 3.24. The molecule has 3 aromatic heterocycles. The molecular formula is C20H23N5. The predicted octanol–water partition coefficient (Wildman–Crippen LogP) is 3.52. The number of fused-ring (bicyclic) bond motifs is 1. The topological polar surface area (TPSA) is 46.3 Å². The lowest BCUT2D eigenvalue weighted by atomic mass is 9.87. The number of hydrogen-bond donors (Lipinski definition) is 0. The fraction of sp³-hybridized carbons (Fsp3) is 0.450. The molecule has 25 heavy (non-hydrogen) atoms. The van der Waals surface area contributed by atoms with Crippen LogP contribution in [0.5, 0.6) is 0 Å². The molecule has 0 N–H and O–H groups in total. The molecule has 4 heterocycles. The van der Waals surface area contributed by atoms with Crippen LogP contribution in [0.2, 0.25) is 0 Å². The molecule has 5 heteroatoms. The summed E-state index contributed by atoms with van der Waals surface area (Å²) >= 11 is 0. The molecule has 1 aliphatic heterocycles. The molecule has 1 aliphatic carbocycles. The first-order valence-electron chi connectivity index (χ1n) is 9.37. The van der Waals surface area contributed by atoms with E-state index in [0.29, 0.717) is 5.92 Å². The van der Waals surface area contributed by atoms with Crippen LogP contribution in [0.4, 0.5) is 0 Å². The Labute approximate surface area is 147 Å². The number of aromatic nitrogens is 4. The SMILES string of the molecule is c1cc(-c2ccc3nc(C4CCCN(C5CCC5)C4)nn3c2)ccn1. The Morgan fingerprint density at radius 3 is 2.60 bits per heavy atom. The smallest absolute Gasteiger partial charge is 0.156 e. The molecule has 1 saturated carbocycles. The second kappa shape index (κ2) is 6.23. The first kappa shape index (κ1) is 15.0. The second-order valence-electron chi connectivity index (χ2n) is 7.35. The summed E-state index contributed by atoms with van der Waals surface area (Å²) in [6.45, 7) is 2.37. The lowest BCUT2D eigenvalue weighted by Crippen LogP contribution is -2.45. The average molecular weight is 333 g/mol. The largest absolute Gasteiger partial charge is 0.300 e. The zero-order valence-electron chi connectivity index (χ0n) is 14.4. The van der Waals surface area contributed by atoms with Gasteiger partial charge in [0.15, 0.2) is 11.5 Å². The van der Waals surface area contributed by atoms with Crippen LogP contribution in [0.3, 0.4) is 0 Å². The van der Waals surface area contributed by atoms with Gasteiger partial charge in [0.1, 0.15) is 0 Å². The second-order valence-corrected chi connectivity index (χ2v) is 7.35. The van der Waals surface area contributed by atoms with E-state index in [9.17, 15) is 0 Å². The molecule has 128 valence electrons. The van der Waals surface area contributed by atoms with Gasteiger partial charge in [-0.25, -0.2) is 9.50 Å². The Bertz CT molecular complexity index is 868. The van der Waals surface area contributed by atoms with Gasteiger partial charge in [-0.05, 0) is 62.1 Å². The normalized spacial score (nSPS) is 22.2. The van der Waals surface area contributed by atoms with Crippen molar-refractivity contribution in [3.63, 3.8) is 0 Å². The number of rotatable bonds is 3. The number of hydrogen-bond acceptors (Lipinski definition) is 4. The third-order valence-electron chi connectivity index (χ3n) is 5.77. The highest BCUT2D eigenvalue weighted by atomic mass is 15.3. The lowest BCUT2D eigenvalue weighted by Gasteiger charge is -2.41. The van der Waals surface area contributed by atoms with Crippen molar-refractivity contribution in [2.45, 2.75) is 44.1 Å². The van der Waals surface area contributed by atoms with Gasteiger partial charge >= 0.3 is 0 Å². The van der Waals surface area contributed by atoms with Crippen LogP contribution in [0.15, 0.2) is 42.9 Å². The molecule has 0 bridgehead atoms. The van der Waals surface area contributed by atoms with Gasteiger partial charge in [-0.1, -0.05) is 6.42 Å². The third-order valence-corrected chi connectivity index (χ3v) is 5.77. The quantitative estimate of drug-likeness (QED) is 0.736. The first-order chi connectivity index (χ1) is 12.4. The molecule has 1 saturated heterocycles. The number of piperidine rings is 1. The number of pyridine rings is 2. The van der Waals surface area contributed by atoms with Gasteiger partial charge in [0, 0.05) is 42.7 Å². The maximum Gasteiger partial charge on any atom is 0.156 e. The highest BCUT2D eigenvalue weighted by molar-refractivity contribution is 5.63. The average Bonchev–Trinajstić information content (AvgIpc) is 3.04. The van der Waals surface area contributed by atoms with Crippen molar-refractivity contribution in [2.75, 3.05) is 13.1 Å². The minimum absolute atomic E-state index is 0.471. The van der Waals surface area contributed by atoms with Crippen LogP contribution >= 0.6 is 0 Å². The summed E-state index contributed by atoms with van der Waals surface area (Å²) < 4.78 is 1.94. The fourth-order valence-corrected chi connectivity index (χ4v) is 4.09. The molecular weight excluding hydrogens is 310 g/mol. The van der Waals surface area contributed by atoms with Crippen molar-refractivity contribution in [1.29, 1.82) is 0 Å². The molecule has 5 nitrogen and oxygen atoms in total. The minimum atomic E-state index is 0.471. The Hall–Kier alpha value is -2.27. The molecule has 0 aromatic carbocycles. The van der Waals surface area contributed by atoms with Gasteiger partial charge in [-0.15, -0.1) is 0 Å². The van der Waals surface area contributed by atoms with Crippen molar-refractivity contribution in [2.24, 2.45) is 0 Å². The van der Waals surface area contributed by atoms with Gasteiger partial charge in [0.25, 0.3) is 0 Å². The lowest BCUT2D eigenvalue weighted by molar-refractivity contribution is 0.0929. The molecule has 1 atom stereocenters. The Morgan fingerprint density at radius 2 is 1.80 bits per heavy atom. The van der Waals surface area contributed by atoms with E-state index >= 15 is 0 Å². The maximum absolute atomic E-state index is 4.82. The highest BCUT2D eigenvalue weighted by Crippen LogP contribution is 2.32. The van der Waals surface area contributed by atoms with Gasteiger partial charge in [0.2, 0.25) is 0 Å². The number of likely N-dealkylation sites (tertiary alicyclic amines) is 1. The minimum Gasteiger partial charge on any atom is -0.300 e. The van der Waals surface area contributed by atoms with E-state index in [-0.39, 0.29) is 0 Å². The van der Waals surface area contributed by atoms with Crippen molar-refractivity contribution < 1.29 is 0 Å². The van der Waals surface area contributed by atoms with Crippen LogP contribution in [0, 0.1) is 0 Å². The van der Waals surface area contributed by atoms with Crippen LogP contribution in [0.1, 0.15) is 43.8 Å². The van der Waals surface area contributed by atoms with Crippen molar-refractivity contribution >= 4 is 5.65 Å². The van der Waals surface area contributed by atoms with E-state index in [1.165, 1.54) is 38.6 Å². The molecule has 5 rings (SSSR count). The van der Waals surface area contributed by atoms with E-state index in [1.807, 2.05) is 29.0 Å². The molecule has 3 aromatic rings. The third kappa shape index (κ3) is 2.82. The van der Waals surface area contributed by atoms with E-state index in [1.54, 1.807) is 0 Å². The van der Waals surface area contributed by atoms with E-state index in [0.717, 1.165) is 35.2 Å². The summed E-state index contributed by atoms with van der Waals surface area (Å²) in [5, 5.41) is 4.82. The molecule has 0 spiro atoms. The summed E-state index contributed by atoms with van der Waals surface area (Å²) in [5.74, 6) is 1.48. The zero-order valence-corrected chi connectivity index (χ0v) is 14.4. The van der Waals surface area contributed by atoms with Crippen LogP contribution < -0.4 is 0 Å². The predicted molar refractivity (Wildman–Crippen MR) is 97.4 cm³/mol. The van der Waals surface area contributed by atoms with Crippen LogP contribution in [-0.2, 0) is 0 Å². The number of nitrogens with zero attached hydrogens (tertiary/aromatic N) is 5. The monoisotopic (exact) mass is 333 g/mol. The van der Waals surface area contributed by atoms with Gasteiger partial charge in [0.05, 0.1) is 0 Å². The molecule has 0 amide bonds. The van der Waals surface area contributed by atoms with Gasteiger partial charge in [-0.2, -0.15) is 5.10 Å². The van der Waals surface area contributed by atoms with Gasteiger partial charge in [-0.3, -0.25) is 9.88 Å². The summed E-state index contributed by atoms with van der Waals surface area (Å²) in [6, 6.07) is 9.05. The van der Waals surface area contributed by atoms with E-state index in [2.05, 4.69) is 28.2 Å². The van der Waals surface area contributed by atoms with Gasteiger partial charge < -0.3 is 0 Å². The van der Waals surface area contributed by atoms with Crippen molar-refractivity contribution in [1.82, 2.24) is 24.5 Å². The summed E-state index contributed by atoms with van der Waals surface area (Å²) in [4.78, 5) is 11.6. The zero-order chi connectivity index (χ0) is 16.6. The first-order valence-corrected chi connectivity index (χ1v) is 9.37. The summed E-state index contributed by atoms with van der Waals surface area (Å²) in [6.07, 6.45) is 12.3. The maximum atomic E-state index is 4.82. The molecule has 2 aliphatic rings. The highest BCUT2D eigenvalue weighted by Gasteiger charge is 2.31. The molecule has 1 unspecified atom stereocenters. The van der Waals surface area contributed by atoms with E-state index < -0.39 is 0 Å². The fourth-order valence-electron chi connectivity index (χ4n) is 4.09. The Balaban J connectivity index is 1.42. The van der Waals surface area contributed by atoms with Crippen molar-refractivity contribution in [3.8, 4) is 11.1 Å². The van der Waals surface area contributed by atoms with Crippen LogP contribution in [0.25, 0.3) is 16.8 Å². The molecule has 0 radical (unpaired) electrons. The Morgan fingerprint density at radius 1 is 0.920 bits per heavy atom. The van der Waals surface area contributed by atoms with Crippen LogP contribution in [-0.4, -0.2) is 43.6 Å². The van der Waals surface area contributed by atoms with Crippen molar-refractivity contribution in [3.05, 3.63) is 48.7 Å². The molecule has 2 fully saturated rings. The standard InChI is InChI=1S/C20H23N5/c1-4-18(5-1)24-12-2-3-17(13-24)20-22-19-7-6-16(14-25(19)23-20)15-8-10-21-11-9-15/h6-11,14,17-18H,1-5,12-13H2. The summed E-state index contributed by atoms with van der Waals surface area (Å²) in [7, 11) is 0. The van der Waals surface area contributed by atoms with E-state index in [4.69, 9.17) is 10.1 Å².